The minimum absolute atomic E-state index is 0.107. The van der Waals surface area contributed by atoms with Gasteiger partial charge in [0, 0.05) is 9.35 Å². The highest BCUT2D eigenvalue weighted by Crippen LogP contribution is 2.39. The number of nitrogens with zero attached hydrogens (tertiary/aromatic N) is 2. The summed E-state index contributed by atoms with van der Waals surface area (Å²) in [5, 5.41) is 7.26. The first-order chi connectivity index (χ1) is 13.0. The number of carbonyl (C=O) groups excluding carboxylic acids is 1. The molecule has 0 unspecified atom stereocenters. The normalized spacial score (nSPS) is 16.2. The Morgan fingerprint density at radius 2 is 2.15 bits per heavy atom. The minimum Gasteiger partial charge on any atom is -0.360 e. The molecule has 2 N–H and O–H groups in total. The van der Waals surface area contributed by atoms with E-state index in [1.165, 1.54) is 16.9 Å². The number of aryl methyl sites for hydroxylation is 2. The van der Waals surface area contributed by atoms with Crippen molar-refractivity contribution in [3.05, 3.63) is 45.0 Å². The minimum atomic E-state index is -0.107. The van der Waals surface area contributed by atoms with Crippen molar-refractivity contribution in [2.75, 3.05) is 17.2 Å². The molecule has 1 aliphatic rings. The number of rotatable bonds is 4. The summed E-state index contributed by atoms with van der Waals surface area (Å²) in [6, 6.07) is 7.58. The maximum absolute atomic E-state index is 12.4. The number of hydrogen-bond donors (Lipinski definition) is 2. The van der Waals surface area contributed by atoms with Gasteiger partial charge in [0.05, 0.1) is 17.6 Å². The van der Waals surface area contributed by atoms with Gasteiger partial charge in [0.25, 0.3) is 0 Å². The summed E-state index contributed by atoms with van der Waals surface area (Å²) in [6.07, 6.45) is 3.35. The standard InChI is InChI=1S/C20H21BrN4OS/c1-11-7-8-13-16(9-11)27-20-18(13)19(23-12(2)24-20)22-10-17(26)25-15-6-4-3-5-14(15)21/h3-6,11H,7-10H2,1-2H3,(H,25,26)(H,22,23,24)/t11-/m1/s1. The van der Waals surface area contributed by atoms with Crippen molar-refractivity contribution < 1.29 is 4.79 Å². The zero-order valence-corrected chi connectivity index (χ0v) is 17.7. The van der Waals surface area contributed by atoms with Crippen molar-refractivity contribution in [2.45, 2.75) is 33.1 Å². The molecule has 4 rings (SSSR count). The maximum Gasteiger partial charge on any atom is 0.243 e. The van der Waals surface area contributed by atoms with E-state index < -0.39 is 0 Å². The van der Waals surface area contributed by atoms with Gasteiger partial charge in [-0.3, -0.25) is 4.79 Å². The van der Waals surface area contributed by atoms with E-state index in [1.54, 1.807) is 11.3 Å². The number of aromatic nitrogens is 2. The van der Waals surface area contributed by atoms with E-state index in [4.69, 9.17) is 0 Å². The third-order valence-corrected chi connectivity index (χ3v) is 6.67. The maximum atomic E-state index is 12.4. The quantitative estimate of drug-likeness (QED) is 0.597. The average Bonchev–Trinajstić information content (AvgIpc) is 2.98. The van der Waals surface area contributed by atoms with Crippen molar-refractivity contribution >= 4 is 54.9 Å². The SMILES string of the molecule is Cc1nc(NCC(=O)Nc2ccccc2Br)c2c3c(sc2n1)C[C@H](C)CC3. The van der Waals surface area contributed by atoms with Crippen LogP contribution in [0.3, 0.4) is 0 Å². The van der Waals surface area contributed by atoms with Crippen LogP contribution in [-0.4, -0.2) is 22.4 Å². The molecule has 3 aromatic rings. The number of para-hydroxylation sites is 1. The highest BCUT2D eigenvalue weighted by atomic mass is 79.9. The van der Waals surface area contributed by atoms with Crippen LogP contribution in [0.2, 0.25) is 0 Å². The molecule has 0 aliphatic heterocycles. The van der Waals surface area contributed by atoms with Crippen LogP contribution in [0.25, 0.3) is 10.2 Å². The van der Waals surface area contributed by atoms with Crippen molar-refractivity contribution in [3.63, 3.8) is 0 Å². The number of thiophene rings is 1. The van der Waals surface area contributed by atoms with Crippen LogP contribution in [-0.2, 0) is 17.6 Å². The van der Waals surface area contributed by atoms with Gasteiger partial charge >= 0.3 is 0 Å². The number of carbonyl (C=O) groups is 1. The molecule has 1 aliphatic carbocycles. The third-order valence-electron chi connectivity index (χ3n) is 4.83. The number of nitrogens with one attached hydrogen (secondary N) is 2. The summed E-state index contributed by atoms with van der Waals surface area (Å²) < 4.78 is 0.861. The molecule has 1 atom stereocenters. The first-order valence-corrected chi connectivity index (χ1v) is 10.7. The first-order valence-electron chi connectivity index (χ1n) is 9.08. The number of benzene rings is 1. The molecule has 2 aromatic heterocycles. The average molecular weight is 445 g/mol. The number of anilines is 2. The monoisotopic (exact) mass is 444 g/mol. The van der Waals surface area contributed by atoms with Gasteiger partial charge in [0.1, 0.15) is 16.5 Å². The fourth-order valence-electron chi connectivity index (χ4n) is 3.50. The highest BCUT2D eigenvalue weighted by molar-refractivity contribution is 9.10. The van der Waals surface area contributed by atoms with Crippen LogP contribution in [0.5, 0.6) is 0 Å². The van der Waals surface area contributed by atoms with Gasteiger partial charge in [-0.25, -0.2) is 9.97 Å². The number of hydrogen-bond acceptors (Lipinski definition) is 5. The summed E-state index contributed by atoms with van der Waals surface area (Å²) in [6.45, 7) is 4.36. The largest absolute Gasteiger partial charge is 0.360 e. The summed E-state index contributed by atoms with van der Waals surface area (Å²) in [5.74, 6) is 2.10. The highest BCUT2D eigenvalue weighted by Gasteiger charge is 2.23. The van der Waals surface area contributed by atoms with Crippen molar-refractivity contribution in [3.8, 4) is 0 Å². The van der Waals surface area contributed by atoms with Crippen molar-refractivity contribution in [1.29, 1.82) is 0 Å². The lowest BCUT2D eigenvalue weighted by Crippen LogP contribution is -2.22. The lowest BCUT2D eigenvalue weighted by Gasteiger charge is -2.18. The third kappa shape index (κ3) is 3.84. The molecule has 1 aromatic carbocycles. The second kappa shape index (κ2) is 7.56. The Hall–Kier alpha value is -1.99. The number of halogens is 1. The Balaban J connectivity index is 1.57. The van der Waals surface area contributed by atoms with E-state index in [0.717, 1.165) is 44.9 Å². The van der Waals surface area contributed by atoms with Crippen LogP contribution in [0.1, 0.15) is 29.6 Å². The molecule has 5 nitrogen and oxygen atoms in total. The predicted octanol–water partition coefficient (Wildman–Crippen LogP) is 4.94. The van der Waals surface area contributed by atoms with Crippen LogP contribution in [0.15, 0.2) is 28.7 Å². The van der Waals surface area contributed by atoms with Crippen molar-refractivity contribution in [2.24, 2.45) is 5.92 Å². The summed E-state index contributed by atoms with van der Waals surface area (Å²) in [7, 11) is 0. The van der Waals surface area contributed by atoms with Crippen LogP contribution >= 0.6 is 27.3 Å². The Bertz CT molecular complexity index is 1020. The van der Waals surface area contributed by atoms with Gasteiger partial charge in [-0.1, -0.05) is 19.1 Å². The molecule has 0 fully saturated rings. The molecule has 0 saturated carbocycles. The molecular weight excluding hydrogens is 424 g/mol. The fraction of sp³-hybridized carbons (Fsp3) is 0.350. The first kappa shape index (κ1) is 18.4. The smallest absolute Gasteiger partial charge is 0.243 e. The van der Waals surface area contributed by atoms with E-state index in [2.05, 4.69) is 43.5 Å². The molecular formula is C20H21BrN4OS. The Labute approximate surface area is 170 Å². The second-order valence-electron chi connectivity index (χ2n) is 7.03. The van der Waals surface area contributed by atoms with Gasteiger partial charge in [0.2, 0.25) is 5.91 Å². The summed E-state index contributed by atoms with van der Waals surface area (Å²) >= 11 is 5.22. The second-order valence-corrected chi connectivity index (χ2v) is 8.97. The van der Waals surface area contributed by atoms with Gasteiger partial charge in [-0.15, -0.1) is 11.3 Å². The molecule has 7 heteroatoms. The summed E-state index contributed by atoms with van der Waals surface area (Å²) in [5.41, 5.74) is 2.12. The van der Waals surface area contributed by atoms with E-state index >= 15 is 0 Å². The number of amides is 1. The molecule has 0 bridgehead atoms. The molecule has 0 saturated heterocycles. The number of fused-ring (bicyclic) bond motifs is 3. The van der Waals surface area contributed by atoms with E-state index in [-0.39, 0.29) is 12.5 Å². The van der Waals surface area contributed by atoms with Gasteiger partial charge in [0.15, 0.2) is 0 Å². The fourth-order valence-corrected chi connectivity index (χ4v) is 5.31. The molecule has 27 heavy (non-hydrogen) atoms. The van der Waals surface area contributed by atoms with Gasteiger partial charge in [-0.05, 0) is 65.7 Å². The summed E-state index contributed by atoms with van der Waals surface area (Å²) in [4.78, 5) is 24.1. The van der Waals surface area contributed by atoms with Gasteiger partial charge in [-0.2, -0.15) is 0 Å². The zero-order chi connectivity index (χ0) is 19.0. The predicted molar refractivity (Wildman–Crippen MR) is 115 cm³/mol. The van der Waals surface area contributed by atoms with E-state index in [1.807, 2.05) is 31.2 Å². The molecule has 1 amide bonds. The zero-order valence-electron chi connectivity index (χ0n) is 15.3. The lowest BCUT2D eigenvalue weighted by atomic mass is 9.89. The Morgan fingerprint density at radius 3 is 2.96 bits per heavy atom. The molecule has 0 radical (unpaired) electrons. The van der Waals surface area contributed by atoms with E-state index in [0.29, 0.717) is 5.92 Å². The molecule has 0 spiro atoms. The Morgan fingerprint density at radius 1 is 1.33 bits per heavy atom. The van der Waals surface area contributed by atoms with Crippen LogP contribution in [0, 0.1) is 12.8 Å². The van der Waals surface area contributed by atoms with Crippen molar-refractivity contribution in [1.82, 2.24) is 9.97 Å². The van der Waals surface area contributed by atoms with Gasteiger partial charge < -0.3 is 10.6 Å². The topological polar surface area (TPSA) is 66.9 Å². The Kier molecular flexibility index (Phi) is 5.14. The van der Waals surface area contributed by atoms with E-state index in [9.17, 15) is 4.79 Å². The lowest BCUT2D eigenvalue weighted by molar-refractivity contribution is -0.114. The molecule has 140 valence electrons. The van der Waals surface area contributed by atoms with Crippen LogP contribution < -0.4 is 10.6 Å². The molecule has 2 heterocycles. The van der Waals surface area contributed by atoms with Crippen LogP contribution in [0.4, 0.5) is 11.5 Å².